The van der Waals surface area contributed by atoms with E-state index >= 15 is 0 Å². The molecule has 0 aliphatic carbocycles. The molecule has 1 unspecified atom stereocenters. The van der Waals surface area contributed by atoms with Crippen LogP contribution in [0.1, 0.15) is 57.7 Å². The number of carbonyl (C=O) groups excluding carboxylic acids is 4. The average Bonchev–Trinajstić information content (AvgIpc) is 3.00. The lowest BCUT2D eigenvalue weighted by Crippen LogP contribution is -2.52. The second-order valence-corrected chi connectivity index (χ2v) is 12.7. The Bertz CT molecular complexity index is 1430. The third-order valence-corrected chi connectivity index (χ3v) is 7.53. The fourth-order valence-corrected chi connectivity index (χ4v) is 5.09. The summed E-state index contributed by atoms with van der Waals surface area (Å²) < 4.78 is 5.46. The van der Waals surface area contributed by atoms with Crippen LogP contribution >= 0.6 is 40.5 Å². The van der Waals surface area contributed by atoms with Gasteiger partial charge in [0.25, 0.3) is 0 Å². The third kappa shape index (κ3) is 16.7. The first-order valence-corrected chi connectivity index (χ1v) is 15.7. The van der Waals surface area contributed by atoms with Gasteiger partial charge in [-0.05, 0) is 77.0 Å². The van der Waals surface area contributed by atoms with Crippen molar-refractivity contribution in [2.45, 2.75) is 90.1 Å². The van der Waals surface area contributed by atoms with Gasteiger partial charge in [-0.15, -0.1) is 0 Å². The number of benzene rings is 3. The summed E-state index contributed by atoms with van der Waals surface area (Å²) in [4.78, 5) is 52.0. The number of hydrogen-bond acceptors (Lipinski definition) is 6. The Morgan fingerprint density at radius 1 is 0.673 bits per heavy atom. The fourth-order valence-electron chi connectivity index (χ4n) is 5.09. The minimum absolute atomic E-state index is 0. The van der Waals surface area contributed by atoms with Gasteiger partial charge in [0.05, 0.1) is 18.2 Å². The zero-order valence-corrected chi connectivity index (χ0v) is 31.9. The van der Waals surface area contributed by atoms with E-state index in [1.807, 2.05) is 91.0 Å². The third-order valence-electron chi connectivity index (χ3n) is 7.53. The lowest BCUT2D eigenvalue weighted by atomic mass is 9.88. The monoisotopic (exact) mass is 731 g/mol. The number of hydrogen-bond donors (Lipinski definition) is 4. The van der Waals surface area contributed by atoms with Crippen LogP contribution in [-0.4, -0.2) is 58.6 Å². The molecule has 3 aromatic carbocycles. The Balaban J connectivity index is 0.00000768. The average molecular weight is 732 g/mol. The Hall–Kier alpha value is -3.45. The first-order chi connectivity index (χ1) is 21.8. The highest BCUT2D eigenvalue weighted by molar-refractivity contribution is 7.59. The molecule has 3 rings (SSSR count). The quantitative estimate of drug-likeness (QED) is 0.176. The number of ketones is 1. The van der Waals surface area contributed by atoms with E-state index in [1.165, 1.54) is 6.92 Å². The van der Waals surface area contributed by atoms with Crippen LogP contribution < -0.4 is 16.0 Å². The van der Waals surface area contributed by atoms with Crippen molar-refractivity contribution in [3.63, 3.8) is 0 Å². The van der Waals surface area contributed by atoms with E-state index in [0.717, 1.165) is 16.7 Å². The fraction of sp³-hybridized carbons (Fsp3) is 0.405. The molecule has 9 nitrogen and oxygen atoms in total. The maximum Gasteiger partial charge on any atom is 0.407 e. The van der Waals surface area contributed by atoms with Gasteiger partial charge in [0, 0.05) is 5.92 Å². The lowest BCUT2D eigenvalue weighted by molar-refractivity contribution is -0.132. The number of amides is 3. The summed E-state index contributed by atoms with van der Waals surface area (Å²) in [5.74, 6) is -1.84. The topological polar surface area (TPSA) is 134 Å². The Morgan fingerprint density at radius 3 is 1.57 bits per heavy atom. The van der Waals surface area contributed by atoms with E-state index < -0.39 is 53.7 Å². The van der Waals surface area contributed by atoms with Crippen LogP contribution in [0.5, 0.6) is 0 Å². The zero-order valence-electron chi connectivity index (χ0n) is 28.9. The van der Waals surface area contributed by atoms with Crippen LogP contribution in [0.25, 0.3) is 0 Å². The minimum Gasteiger partial charge on any atom is -0.444 e. The summed E-state index contributed by atoms with van der Waals surface area (Å²) in [5.41, 5.74) is 1.95. The highest BCUT2D eigenvalue weighted by Gasteiger charge is 2.31. The Kier molecular flexibility index (Phi) is 20.7. The standard InChI is InChI=1S/C37H47N3O6.3H2S/c1-25(34(43)39-31(26(2)41)22-28-17-11-7-12-18-28)38-35(44)30(21-27-15-9-6-10-16-27)24-33(42)32(23-29-19-13-8-14-20-29)40-36(45)46-37(3,4)5;;;/h6-20,25,30-33,42H,21-24H2,1-5H3,(H,38,44)(H,39,43)(H,40,45);3*1H2/t25-,30+,31-,32-,33?;;;/m0.../s1. The van der Waals surface area contributed by atoms with Gasteiger partial charge < -0.3 is 25.8 Å². The van der Waals surface area contributed by atoms with Gasteiger partial charge in [-0.3, -0.25) is 14.4 Å². The smallest absolute Gasteiger partial charge is 0.407 e. The van der Waals surface area contributed by atoms with Crippen molar-refractivity contribution >= 4 is 64.2 Å². The molecular formula is C37H53N3O6S3. The number of rotatable bonds is 15. The molecule has 0 heterocycles. The van der Waals surface area contributed by atoms with E-state index in [1.54, 1.807) is 27.7 Å². The van der Waals surface area contributed by atoms with Crippen LogP contribution in [0.2, 0.25) is 0 Å². The number of carbonyl (C=O) groups is 4. The summed E-state index contributed by atoms with van der Waals surface area (Å²) >= 11 is 0. The maximum atomic E-state index is 13.7. The van der Waals surface area contributed by atoms with Gasteiger partial charge >= 0.3 is 6.09 Å². The number of aliphatic hydroxyl groups excluding tert-OH is 1. The lowest BCUT2D eigenvalue weighted by Gasteiger charge is -2.29. The Morgan fingerprint density at radius 2 is 1.12 bits per heavy atom. The molecule has 0 saturated carbocycles. The van der Waals surface area contributed by atoms with Crippen molar-refractivity contribution in [3.8, 4) is 0 Å². The summed E-state index contributed by atoms with van der Waals surface area (Å²) in [5, 5.41) is 19.9. The predicted octanol–water partition coefficient (Wildman–Crippen LogP) is 4.89. The zero-order chi connectivity index (χ0) is 33.7. The van der Waals surface area contributed by atoms with Gasteiger partial charge in [-0.25, -0.2) is 4.79 Å². The molecule has 270 valence electrons. The molecule has 5 atom stereocenters. The molecule has 0 radical (unpaired) electrons. The summed E-state index contributed by atoms with van der Waals surface area (Å²) in [6, 6.07) is 25.8. The second-order valence-electron chi connectivity index (χ2n) is 12.7. The molecule has 12 heteroatoms. The van der Waals surface area contributed by atoms with E-state index in [2.05, 4.69) is 16.0 Å². The molecule has 4 N–H and O–H groups in total. The van der Waals surface area contributed by atoms with Crippen LogP contribution in [-0.2, 0) is 38.4 Å². The summed E-state index contributed by atoms with van der Waals surface area (Å²) in [6.45, 7) is 8.25. The van der Waals surface area contributed by atoms with Gasteiger partial charge in [0.15, 0.2) is 5.78 Å². The van der Waals surface area contributed by atoms with Gasteiger partial charge in [0.1, 0.15) is 11.6 Å². The number of alkyl carbamates (subject to hydrolysis) is 1. The number of ether oxygens (including phenoxy) is 1. The highest BCUT2D eigenvalue weighted by Crippen LogP contribution is 2.20. The molecule has 3 amide bonds. The first-order valence-electron chi connectivity index (χ1n) is 15.7. The maximum absolute atomic E-state index is 13.7. The van der Waals surface area contributed by atoms with Gasteiger partial charge in [0.2, 0.25) is 11.8 Å². The summed E-state index contributed by atoms with van der Waals surface area (Å²) in [7, 11) is 0. The molecule has 0 spiro atoms. The van der Waals surface area contributed by atoms with Crippen molar-refractivity contribution in [1.29, 1.82) is 0 Å². The molecule has 0 aromatic heterocycles. The van der Waals surface area contributed by atoms with Crippen LogP contribution in [0, 0.1) is 5.92 Å². The van der Waals surface area contributed by atoms with Crippen LogP contribution in [0.3, 0.4) is 0 Å². The molecule has 49 heavy (non-hydrogen) atoms. The molecule has 3 aromatic rings. The predicted molar refractivity (Wildman–Crippen MR) is 209 cm³/mol. The number of nitrogens with one attached hydrogen (secondary N) is 3. The first kappa shape index (κ1) is 45.6. The van der Waals surface area contributed by atoms with Crippen molar-refractivity contribution in [2.75, 3.05) is 0 Å². The second kappa shape index (κ2) is 22.3. The van der Waals surface area contributed by atoms with Crippen molar-refractivity contribution in [2.24, 2.45) is 5.92 Å². The number of Topliss-reactive ketones (excluding diaryl/α,β-unsaturated/α-hetero) is 1. The van der Waals surface area contributed by atoms with E-state index in [-0.39, 0.29) is 52.7 Å². The SMILES string of the molecule is CC(=O)[C@H](Cc1ccccc1)NC(=O)[C@H](C)NC(=O)[C@H](Cc1ccccc1)CC(O)[C@H](Cc1ccccc1)NC(=O)OC(C)(C)C.S.S.S. The van der Waals surface area contributed by atoms with E-state index in [9.17, 15) is 24.3 Å². The number of aliphatic hydroxyl groups is 1. The molecular weight excluding hydrogens is 679 g/mol. The molecule has 0 saturated heterocycles. The molecule has 0 fully saturated rings. The van der Waals surface area contributed by atoms with E-state index in [4.69, 9.17) is 4.74 Å². The van der Waals surface area contributed by atoms with E-state index in [0.29, 0.717) is 19.3 Å². The van der Waals surface area contributed by atoms with Gasteiger partial charge in [-0.2, -0.15) is 40.5 Å². The van der Waals surface area contributed by atoms with Crippen molar-refractivity contribution in [3.05, 3.63) is 108 Å². The Labute approximate surface area is 311 Å². The molecule has 0 bridgehead atoms. The normalized spacial score (nSPS) is 13.7. The van der Waals surface area contributed by atoms with Crippen LogP contribution in [0.4, 0.5) is 4.79 Å². The van der Waals surface area contributed by atoms with Crippen LogP contribution in [0.15, 0.2) is 91.0 Å². The molecule has 0 aliphatic rings. The minimum atomic E-state index is -1.12. The van der Waals surface area contributed by atoms with Crippen molar-refractivity contribution < 1.29 is 29.0 Å². The largest absolute Gasteiger partial charge is 0.444 e. The van der Waals surface area contributed by atoms with Crippen molar-refractivity contribution in [1.82, 2.24) is 16.0 Å². The van der Waals surface area contributed by atoms with Gasteiger partial charge in [-0.1, -0.05) is 91.0 Å². The summed E-state index contributed by atoms with van der Waals surface area (Å²) in [6.07, 6.45) is -0.840. The highest BCUT2D eigenvalue weighted by atomic mass is 32.1. The molecule has 0 aliphatic heterocycles.